The average Bonchev–Trinajstić information content (AvgIpc) is 2.01. The number of benzene rings is 1. The van der Waals surface area contributed by atoms with Crippen LogP contribution in [0.15, 0.2) is 18.2 Å². The highest BCUT2D eigenvalue weighted by Gasteiger charge is 2.32. The molecule has 0 radical (unpaired) electrons. The highest BCUT2D eigenvalue weighted by atomic mass is 19.4. The number of carbonyl (C=O) groups is 1. The lowest BCUT2D eigenvalue weighted by Crippen LogP contribution is -2.24. The van der Waals surface area contributed by atoms with Gasteiger partial charge in [-0.15, -0.1) is 0 Å². The summed E-state index contributed by atoms with van der Waals surface area (Å²) in [5, 5.41) is 10.4. The molecule has 0 unspecified atom stereocenters. The van der Waals surface area contributed by atoms with Gasteiger partial charge in [0.05, 0.1) is 11.5 Å². The van der Waals surface area contributed by atoms with Crippen molar-refractivity contribution in [2.45, 2.75) is 13.1 Å². The van der Waals surface area contributed by atoms with Crippen LogP contribution in [-0.4, -0.2) is 5.97 Å². The minimum absolute atomic E-state index is 0.319. The van der Waals surface area contributed by atoms with Gasteiger partial charge in [-0.2, -0.15) is 13.2 Å². The Morgan fingerprint density at radius 3 is 2.36 bits per heavy atom. The Balaban J connectivity index is 3.35. The van der Waals surface area contributed by atoms with E-state index in [2.05, 4.69) is 0 Å². The van der Waals surface area contributed by atoms with Crippen LogP contribution >= 0.6 is 0 Å². The number of alkyl halides is 3. The zero-order chi connectivity index (χ0) is 10.9. The number of aromatic carboxylic acids is 1. The molecule has 0 spiro atoms. The Morgan fingerprint density at radius 1 is 1.36 bits per heavy atom. The number of carbonyl (C=O) groups excluding carboxylic acids is 1. The van der Waals surface area contributed by atoms with E-state index in [0.29, 0.717) is 0 Å². The van der Waals surface area contributed by atoms with E-state index in [1.807, 2.05) is 0 Å². The number of hydrogen-bond acceptors (Lipinski definition) is 2. The molecule has 0 saturated heterocycles. The minimum atomic E-state index is -4.53. The first-order valence-corrected chi connectivity index (χ1v) is 3.72. The Kier molecular flexibility index (Phi) is 2.51. The summed E-state index contributed by atoms with van der Waals surface area (Å²) in [7, 11) is 0. The molecule has 0 N–H and O–H groups in total. The standard InChI is InChI=1S/C9H7F3O2/c1-5-6(8(13)14)3-2-4-7(5)9(10,11)12/h2-4H,1H3,(H,13,14)/p-1. The molecule has 1 aromatic rings. The second-order valence-corrected chi connectivity index (χ2v) is 2.76. The molecule has 0 aliphatic carbocycles. The monoisotopic (exact) mass is 203 g/mol. The minimum Gasteiger partial charge on any atom is -0.545 e. The van der Waals surface area contributed by atoms with Gasteiger partial charge in [0, 0.05) is 5.56 Å². The van der Waals surface area contributed by atoms with Gasteiger partial charge in [0.2, 0.25) is 0 Å². The first-order chi connectivity index (χ1) is 6.34. The molecule has 1 rings (SSSR count). The fraction of sp³-hybridized carbons (Fsp3) is 0.222. The molecule has 0 heterocycles. The Morgan fingerprint density at radius 2 is 1.93 bits per heavy atom. The van der Waals surface area contributed by atoms with Crippen LogP contribution in [0.3, 0.4) is 0 Å². The highest BCUT2D eigenvalue weighted by Crippen LogP contribution is 2.32. The lowest BCUT2D eigenvalue weighted by Gasteiger charge is -2.13. The van der Waals surface area contributed by atoms with Gasteiger partial charge in [0.15, 0.2) is 0 Å². The molecule has 0 aliphatic heterocycles. The van der Waals surface area contributed by atoms with Crippen molar-refractivity contribution >= 4 is 5.97 Å². The third kappa shape index (κ3) is 1.86. The normalized spacial score (nSPS) is 11.4. The first-order valence-electron chi connectivity index (χ1n) is 3.72. The number of carboxylic acids is 1. The van der Waals surface area contributed by atoms with E-state index in [4.69, 9.17) is 0 Å². The van der Waals surface area contributed by atoms with Gasteiger partial charge in [0.25, 0.3) is 0 Å². The van der Waals surface area contributed by atoms with Crippen LogP contribution in [-0.2, 0) is 6.18 Å². The summed E-state index contributed by atoms with van der Waals surface area (Å²) in [6.07, 6.45) is -4.53. The van der Waals surface area contributed by atoms with Gasteiger partial charge in [-0.25, -0.2) is 0 Å². The topological polar surface area (TPSA) is 40.1 Å². The molecule has 1 aromatic carbocycles. The summed E-state index contributed by atoms with van der Waals surface area (Å²) >= 11 is 0. The zero-order valence-corrected chi connectivity index (χ0v) is 7.18. The van der Waals surface area contributed by atoms with Crippen LogP contribution in [0.25, 0.3) is 0 Å². The van der Waals surface area contributed by atoms with Crippen molar-refractivity contribution in [1.29, 1.82) is 0 Å². The molecule has 0 atom stereocenters. The Labute approximate surface area is 78.0 Å². The third-order valence-corrected chi connectivity index (χ3v) is 1.86. The molecule has 0 aliphatic rings. The maximum absolute atomic E-state index is 12.3. The van der Waals surface area contributed by atoms with E-state index in [9.17, 15) is 23.1 Å². The molecule has 0 amide bonds. The first kappa shape index (κ1) is 10.6. The van der Waals surface area contributed by atoms with E-state index < -0.39 is 23.3 Å². The highest BCUT2D eigenvalue weighted by molar-refractivity contribution is 5.88. The van der Waals surface area contributed by atoms with E-state index in [1.54, 1.807) is 0 Å². The van der Waals surface area contributed by atoms with Crippen LogP contribution in [0.1, 0.15) is 21.5 Å². The summed E-state index contributed by atoms with van der Waals surface area (Å²) in [6, 6.07) is 2.96. The Bertz CT molecular complexity index is 369. The maximum Gasteiger partial charge on any atom is 0.416 e. The molecule has 2 nitrogen and oxygen atoms in total. The van der Waals surface area contributed by atoms with Crippen molar-refractivity contribution in [3.05, 3.63) is 34.9 Å². The van der Waals surface area contributed by atoms with E-state index in [-0.39, 0.29) is 5.56 Å². The summed E-state index contributed by atoms with van der Waals surface area (Å²) in [5.74, 6) is -1.60. The third-order valence-electron chi connectivity index (χ3n) is 1.86. The Hall–Kier alpha value is -1.52. The van der Waals surface area contributed by atoms with Gasteiger partial charge in [-0.05, 0) is 18.6 Å². The van der Waals surface area contributed by atoms with E-state index in [0.717, 1.165) is 25.1 Å². The van der Waals surface area contributed by atoms with Crippen LogP contribution in [0.5, 0.6) is 0 Å². The van der Waals surface area contributed by atoms with Gasteiger partial charge < -0.3 is 9.90 Å². The number of halogens is 3. The second kappa shape index (κ2) is 3.32. The van der Waals surface area contributed by atoms with Crippen LogP contribution in [0.4, 0.5) is 13.2 Å². The molecular formula is C9H6F3O2-. The quantitative estimate of drug-likeness (QED) is 0.691. The van der Waals surface area contributed by atoms with Gasteiger partial charge in [0.1, 0.15) is 0 Å². The smallest absolute Gasteiger partial charge is 0.416 e. The number of rotatable bonds is 1. The van der Waals surface area contributed by atoms with Crippen molar-refractivity contribution < 1.29 is 23.1 Å². The molecule has 76 valence electrons. The van der Waals surface area contributed by atoms with Crippen LogP contribution < -0.4 is 5.11 Å². The molecule has 0 saturated carbocycles. The number of carboxylic acid groups (broad SMARTS) is 1. The number of hydrogen-bond donors (Lipinski definition) is 0. The molecule has 0 bridgehead atoms. The van der Waals surface area contributed by atoms with Crippen molar-refractivity contribution in [1.82, 2.24) is 0 Å². The van der Waals surface area contributed by atoms with Crippen molar-refractivity contribution in [2.24, 2.45) is 0 Å². The molecule has 5 heteroatoms. The lowest BCUT2D eigenvalue weighted by molar-refractivity contribution is -0.255. The zero-order valence-electron chi connectivity index (χ0n) is 7.18. The van der Waals surface area contributed by atoms with Crippen molar-refractivity contribution in [3.8, 4) is 0 Å². The molecule has 14 heavy (non-hydrogen) atoms. The van der Waals surface area contributed by atoms with E-state index >= 15 is 0 Å². The summed E-state index contributed by atoms with van der Waals surface area (Å²) < 4.78 is 36.8. The largest absolute Gasteiger partial charge is 0.545 e. The fourth-order valence-corrected chi connectivity index (χ4v) is 1.16. The molecule has 0 aromatic heterocycles. The summed E-state index contributed by atoms with van der Waals surface area (Å²) in [5.41, 5.74) is -1.70. The second-order valence-electron chi connectivity index (χ2n) is 2.76. The lowest BCUT2D eigenvalue weighted by atomic mass is 10.0. The van der Waals surface area contributed by atoms with Crippen molar-refractivity contribution in [3.63, 3.8) is 0 Å². The summed E-state index contributed by atoms with van der Waals surface area (Å²) in [4.78, 5) is 10.4. The predicted octanol–water partition coefficient (Wildman–Crippen LogP) is 1.38. The van der Waals surface area contributed by atoms with E-state index in [1.165, 1.54) is 0 Å². The van der Waals surface area contributed by atoms with Crippen molar-refractivity contribution in [2.75, 3.05) is 0 Å². The van der Waals surface area contributed by atoms with Crippen LogP contribution in [0, 0.1) is 6.92 Å². The molecular weight excluding hydrogens is 197 g/mol. The predicted molar refractivity (Wildman–Crippen MR) is 40.5 cm³/mol. The summed E-state index contributed by atoms with van der Waals surface area (Å²) in [6.45, 7) is 1.11. The van der Waals surface area contributed by atoms with Gasteiger partial charge in [-0.1, -0.05) is 12.1 Å². The van der Waals surface area contributed by atoms with Gasteiger partial charge in [-0.3, -0.25) is 0 Å². The average molecular weight is 203 g/mol. The maximum atomic E-state index is 12.3. The SMILES string of the molecule is Cc1c(C(=O)[O-])cccc1C(F)(F)F. The van der Waals surface area contributed by atoms with Gasteiger partial charge >= 0.3 is 6.18 Å². The molecule has 0 fully saturated rings. The van der Waals surface area contributed by atoms with Crippen LogP contribution in [0.2, 0.25) is 0 Å². The fourth-order valence-electron chi connectivity index (χ4n) is 1.16.